The van der Waals surface area contributed by atoms with Gasteiger partial charge in [-0.05, 0) is 38.0 Å². The molecule has 26 heavy (non-hydrogen) atoms. The molecule has 1 atom stereocenters. The molecule has 1 saturated heterocycles. The molecule has 7 heteroatoms. The maximum absolute atomic E-state index is 12.3. The van der Waals surface area contributed by atoms with E-state index in [1.165, 1.54) is 4.90 Å². The van der Waals surface area contributed by atoms with Crippen molar-refractivity contribution in [2.24, 2.45) is 17.8 Å². The van der Waals surface area contributed by atoms with E-state index in [-0.39, 0.29) is 48.8 Å². The van der Waals surface area contributed by atoms with Gasteiger partial charge in [0.25, 0.3) is 0 Å². The zero-order valence-corrected chi connectivity index (χ0v) is 15.7. The number of likely N-dealkylation sites (tertiary alicyclic amines) is 1. The van der Waals surface area contributed by atoms with Gasteiger partial charge in [0.1, 0.15) is 0 Å². The quantitative estimate of drug-likeness (QED) is 0.372. The van der Waals surface area contributed by atoms with Gasteiger partial charge in [-0.15, -0.1) is 0 Å². The Morgan fingerprint density at radius 3 is 2.38 bits per heavy atom. The number of rotatable bonds is 8. The zero-order chi connectivity index (χ0) is 19.1. The lowest BCUT2D eigenvalue weighted by molar-refractivity contribution is -0.171. The van der Waals surface area contributed by atoms with Crippen LogP contribution >= 0.6 is 0 Å². The van der Waals surface area contributed by atoms with Crippen LogP contribution in [-0.4, -0.2) is 42.0 Å². The van der Waals surface area contributed by atoms with Gasteiger partial charge in [0.15, 0.2) is 0 Å². The Labute approximate surface area is 154 Å². The molecule has 2 aliphatic rings. The molecule has 0 aromatic heterocycles. The van der Waals surface area contributed by atoms with Crippen LogP contribution in [0.2, 0.25) is 0 Å². The minimum Gasteiger partial charge on any atom is -0.428 e. The second kappa shape index (κ2) is 9.69. The minimum absolute atomic E-state index is 0.0314. The molecule has 7 nitrogen and oxygen atoms in total. The first-order valence-corrected chi connectivity index (χ1v) is 9.62. The van der Waals surface area contributed by atoms with Crippen LogP contribution in [0.1, 0.15) is 65.2 Å². The summed E-state index contributed by atoms with van der Waals surface area (Å²) in [6.07, 6.45) is 5.15. The maximum Gasteiger partial charge on any atom is 0.311 e. The average molecular weight is 367 g/mol. The van der Waals surface area contributed by atoms with Crippen molar-refractivity contribution in [2.45, 2.75) is 65.2 Å². The lowest BCUT2D eigenvalue weighted by atomic mass is 9.82. The molecule has 1 aliphatic carbocycles. The summed E-state index contributed by atoms with van der Waals surface area (Å²) in [5.41, 5.74) is 0. The third-order valence-electron chi connectivity index (χ3n) is 5.31. The van der Waals surface area contributed by atoms with Crippen LogP contribution < -0.4 is 0 Å². The molecule has 0 aromatic carbocycles. The van der Waals surface area contributed by atoms with Gasteiger partial charge in [-0.2, -0.15) is 0 Å². The molecular weight excluding hydrogens is 338 g/mol. The minimum atomic E-state index is -0.400. The van der Waals surface area contributed by atoms with Gasteiger partial charge in [-0.1, -0.05) is 20.3 Å². The number of hydrogen-bond acceptors (Lipinski definition) is 6. The van der Waals surface area contributed by atoms with Crippen molar-refractivity contribution in [2.75, 3.05) is 13.3 Å². The van der Waals surface area contributed by atoms with Crippen molar-refractivity contribution in [1.29, 1.82) is 0 Å². The number of carbonyl (C=O) groups is 4. The Hall–Kier alpha value is -1.92. The number of hydrogen-bond donors (Lipinski definition) is 0. The number of amides is 2. The highest BCUT2D eigenvalue weighted by Crippen LogP contribution is 2.32. The lowest BCUT2D eigenvalue weighted by Gasteiger charge is -2.29. The fourth-order valence-electron chi connectivity index (χ4n) is 3.73. The van der Waals surface area contributed by atoms with Crippen LogP contribution in [0.3, 0.4) is 0 Å². The SMILES string of the molecule is CCCC1CC(=O)N(CC2CCC(C(=O)OCOC(=O)CC)CC2)C1=O. The summed E-state index contributed by atoms with van der Waals surface area (Å²) >= 11 is 0. The van der Waals surface area contributed by atoms with Crippen LogP contribution in [0.15, 0.2) is 0 Å². The monoisotopic (exact) mass is 367 g/mol. The molecule has 1 heterocycles. The second-order valence-corrected chi connectivity index (χ2v) is 7.20. The van der Waals surface area contributed by atoms with E-state index in [1.54, 1.807) is 6.92 Å². The van der Waals surface area contributed by atoms with Gasteiger partial charge < -0.3 is 9.47 Å². The van der Waals surface area contributed by atoms with E-state index >= 15 is 0 Å². The van der Waals surface area contributed by atoms with E-state index < -0.39 is 5.97 Å². The number of ether oxygens (including phenoxy) is 2. The van der Waals surface area contributed by atoms with Gasteiger partial charge in [-0.3, -0.25) is 24.1 Å². The highest BCUT2D eigenvalue weighted by Gasteiger charge is 2.39. The molecule has 0 aromatic rings. The number of nitrogens with zero attached hydrogens (tertiary/aromatic N) is 1. The van der Waals surface area contributed by atoms with Crippen molar-refractivity contribution in [3.05, 3.63) is 0 Å². The van der Waals surface area contributed by atoms with Gasteiger partial charge >= 0.3 is 11.9 Å². The summed E-state index contributed by atoms with van der Waals surface area (Å²) in [6.45, 7) is 3.82. The Morgan fingerprint density at radius 2 is 1.77 bits per heavy atom. The van der Waals surface area contributed by atoms with E-state index in [0.717, 1.165) is 25.7 Å². The standard InChI is InChI=1S/C19H29NO6/c1-3-5-15-10-16(21)20(18(15)23)11-13-6-8-14(9-7-13)19(24)26-12-25-17(22)4-2/h13-15H,3-12H2,1-2H3. The fourth-order valence-corrected chi connectivity index (χ4v) is 3.73. The molecule has 1 saturated carbocycles. The summed E-state index contributed by atoms with van der Waals surface area (Å²) in [4.78, 5) is 48.9. The first-order chi connectivity index (χ1) is 12.5. The molecular formula is C19H29NO6. The molecule has 0 N–H and O–H groups in total. The van der Waals surface area contributed by atoms with Crippen molar-refractivity contribution in [3.8, 4) is 0 Å². The van der Waals surface area contributed by atoms with Crippen molar-refractivity contribution in [1.82, 2.24) is 4.90 Å². The topological polar surface area (TPSA) is 90.0 Å². The Morgan fingerprint density at radius 1 is 1.08 bits per heavy atom. The Kier molecular flexibility index (Phi) is 7.60. The van der Waals surface area contributed by atoms with E-state index in [0.29, 0.717) is 25.8 Å². The van der Waals surface area contributed by atoms with Gasteiger partial charge in [-0.25, -0.2) is 0 Å². The summed E-state index contributed by atoms with van der Waals surface area (Å²) in [5, 5.41) is 0. The summed E-state index contributed by atoms with van der Waals surface area (Å²) in [5.74, 6) is -0.949. The number of esters is 2. The lowest BCUT2D eigenvalue weighted by Crippen LogP contribution is -2.37. The maximum atomic E-state index is 12.3. The Bertz CT molecular complexity index is 538. The van der Waals surface area contributed by atoms with Gasteiger partial charge in [0.2, 0.25) is 18.6 Å². The normalized spacial score (nSPS) is 26.1. The van der Waals surface area contributed by atoms with Crippen LogP contribution in [0.5, 0.6) is 0 Å². The van der Waals surface area contributed by atoms with Crippen LogP contribution in [0.25, 0.3) is 0 Å². The highest BCUT2D eigenvalue weighted by atomic mass is 16.7. The summed E-state index contributed by atoms with van der Waals surface area (Å²) in [7, 11) is 0. The van der Waals surface area contributed by atoms with Crippen molar-refractivity contribution < 1.29 is 28.7 Å². The van der Waals surface area contributed by atoms with Crippen LogP contribution in [0, 0.1) is 17.8 Å². The first kappa shape index (κ1) is 20.4. The number of carbonyl (C=O) groups excluding carboxylic acids is 4. The van der Waals surface area contributed by atoms with E-state index in [2.05, 4.69) is 0 Å². The third kappa shape index (κ3) is 5.29. The fraction of sp³-hybridized carbons (Fsp3) is 0.789. The second-order valence-electron chi connectivity index (χ2n) is 7.20. The molecule has 1 unspecified atom stereocenters. The van der Waals surface area contributed by atoms with E-state index in [1.807, 2.05) is 6.92 Å². The molecule has 0 spiro atoms. The summed E-state index contributed by atoms with van der Waals surface area (Å²) in [6, 6.07) is 0. The predicted octanol–water partition coefficient (Wildman–Crippen LogP) is 2.42. The molecule has 2 fully saturated rings. The first-order valence-electron chi connectivity index (χ1n) is 9.62. The average Bonchev–Trinajstić information content (AvgIpc) is 2.90. The molecule has 146 valence electrons. The van der Waals surface area contributed by atoms with E-state index in [9.17, 15) is 19.2 Å². The smallest absolute Gasteiger partial charge is 0.311 e. The molecule has 1 aliphatic heterocycles. The molecule has 0 radical (unpaired) electrons. The largest absolute Gasteiger partial charge is 0.428 e. The number of imide groups is 1. The molecule has 2 rings (SSSR count). The highest BCUT2D eigenvalue weighted by molar-refractivity contribution is 6.03. The van der Waals surface area contributed by atoms with Gasteiger partial charge in [0.05, 0.1) is 5.92 Å². The Balaban J connectivity index is 1.73. The predicted molar refractivity (Wildman–Crippen MR) is 92.5 cm³/mol. The van der Waals surface area contributed by atoms with Crippen molar-refractivity contribution in [3.63, 3.8) is 0 Å². The summed E-state index contributed by atoms with van der Waals surface area (Å²) < 4.78 is 9.75. The van der Waals surface area contributed by atoms with Crippen LogP contribution in [-0.2, 0) is 28.7 Å². The van der Waals surface area contributed by atoms with E-state index in [4.69, 9.17) is 9.47 Å². The zero-order valence-electron chi connectivity index (χ0n) is 15.7. The van der Waals surface area contributed by atoms with Gasteiger partial charge in [0, 0.05) is 25.3 Å². The molecule has 2 amide bonds. The third-order valence-corrected chi connectivity index (χ3v) is 5.31. The molecule has 0 bridgehead atoms. The van der Waals surface area contributed by atoms with Crippen molar-refractivity contribution >= 4 is 23.8 Å². The van der Waals surface area contributed by atoms with Crippen LogP contribution in [0.4, 0.5) is 0 Å².